The highest BCUT2D eigenvalue weighted by atomic mass is 32.2. The van der Waals surface area contributed by atoms with Gasteiger partial charge in [-0.2, -0.15) is 0 Å². The van der Waals surface area contributed by atoms with Gasteiger partial charge in [0.15, 0.2) is 0 Å². The Bertz CT molecular complexity index is 567. The number of carboxylic acid groups (broad SMARTS) is 1. The standard InChI is InChI=1S/C15H17NO2S2/c1-2-12-13(8-9-15(17)18)20-14(16-12)10-19-11-6-4-3-5-7-11/h3-7H,2,8-10H2,1H3,(H,17,18). The molecule has 0 bridgehead atoms. The van der Waals surface area contributed by atoms with Crippen molar-refractivity contribution in [1.82, 2.24) is 4.98 Å². The maximum Gasteiger partial charge on any atom is 0.303 e. The number of thiazole rings is 1. The first-order valence-corrected chi connectivity index (χ1v) is 8.36. The summed E-state index contributed by atoms with van der Waals surface area (Å²) in [6.45, 7) is 2.06. The van der Waals surface area contributed by atoms with Gasteiger partial charge in [0.25, 0.3) is 0 Å². The summed E-state index contributed by atoms with van der Waals surface area (Å²) in [5.74, 6) is 0.0926. The number of nitrogens with zero attached hydrogens (tertiary/aromatic N) is 1. The third kappa shape index (κ3) is 4.35. The van der Waals surface area contributed by atoms with Crippen molar-refractivity contribution in [1.29, 1.82) is 0 Å². The van der Waals surface area contributed by atoms with Crippen LogP contribution >= 0.6 is 23.1 Å². The van der Waals surface area contributed by atoms with E-state index in [4.69, 9.17) is 5.11 Å². The minimum absolute atomic E-state index is 0.181. The van der Waals surface area contributed by atoms with Gasteiger partial charge in [0.1, 0.15) is 5.01 Å². The molecule has 0 saturated carbocycles. The van der Waals surface area contributed by atoms with Gasteiger partial charge in [-0.3, -0.25) is 4.79 Å². The lowest BCUT2D eigenvalue weighted by atomic mass is 10.2. The van der Waals surface area contributed by atoms with Gasteiger partial charge in [-0.15, -0.1) is 23.1 Å². The molecule has 20 heavy (non-hydrogen) atoms. The van der Waals surface area contributed by atoms with E-state index in [9.17, 15) is 4.79 Å². The van der Waals surface area contributed by atoms with Gasteiger partial charge in [0.05, 0.1) is 17.9 Å². The third-order valence-corrected chi connectivity index (χ3v) is 5.19. The molecule has 0 amide bonds. The fraction of sp³-hybridized carbons (Fsp3) is 0.333. The van der Waals surface area contributed by atoms with Crippen LogP contribution in [0.1, 0.15) is 28.9 Å². The minimum Gasteiger partial charge on any atom is -0.481 e. The highest BCUT2D eigenvalue weighted by molar-refractivity contribution is 7.98. The lowest BCUT2D eigenvalue weighted by Gasteiger charge is -1.97. The molecule has 0 aliphatic carbocycles. The Labute approximate surface area is 127 Å². The molecule has 0 saturated heterocycles. The predicted molar refractivity (Wildman–Crippen MR) is 83.5 cm³/mol. The zero-order valence-electron chi connectivity index (χ0n) is 11.3. The van der Waals surface area contributed by atoms with Crippen molar-refractivity contribution >= 4 is 29.1 Å². The molecular weight excluding hydrogens is 290 g/mol. The molecule has 0 spiro atoms. The second kappa shape index (κ2) is 7.45. The Morgan fingerprint density at radius 2 is 2.10 bits per heavy atom. The summed E-state index contributed by atoms with van der Waals surface area (Å²) in [6, 6.07) is 10.2. The van der Waals surface area contributed by atoms with E-state index in [2.05, 4.69) is 24.0 Å². The van der Waals surface area contributed by atoms with Crippen molar-refractivity contribution in [3.63, 3.8) is 0 Å². The number of aliphatic carboxylic acids is 1. The average Bonchev–Trinajstić information content (AvgIpc) is 2.86. The van der Waals surface area contributed by atoms with Crippen molar-refractivity contribution in [2.24, 2.45) is 0 Å². The first-order chi connectivity index (χ1) is 9.69. The molecule has 1 N–H and O–H groups in total. The summed E-state index contributed by atoms with van der Waals surface area (Å²) in [5.41, 5.74) is 1.06. The van der Waals surface area contributed by atoms with Gasteiger partial charge < -0.3 is 5.11 Å². The second-order valence-electron chi connectivity index (χ2n) is 4.33. The molecule has 2 rings (SSSR count). The van der Waals surface area contributed by atoms with E-state index in [1.807, 2.05) is 18.2 Å². The molecule has 1 aromatic heterocycles. The highest BCUT2D eigenvalue weighted by Gasteiger charge is 2.11. The van der Waals surface area contributed by atoms with Gasteiger partial charge in [0.2, 0.25) is 0 Å². The molecule has 0 fully saturated rings. The Morgan fingerprint density at radius 3 is 2.75 bits per heavy atom. The Balaban J connectivity index is 1.99. The summed E-state index contributed by atoms with van der Waals surface area (Å²) < 4.78 is 0. The van der Waals surface area contributed by atoms with E-state index in [1.165, 1.54) is 4.90 Å². The normalized spacial score (nSPS) is 10.7. The molecular formula is C15H17NO2S2. The van der Waals surface area contributed by atoms with Crippen LogP contribution in [0.2, 0.25) is 0 Å². The van der Waals surface area contributed by atoms with Crippen molar-refractivity contribution in [3.8, 4) is 0 Å². The zero-order valence-corrected chi connectivity index (χ0v) is 13.0. The van der Waals surface area contributed by atoms with Gasteiger partial charge in [-0.25, -0.2) is 4.98 Å². The van der Waals surface area contributed by atoms with Crippen LogP contribution in [0.3, 0.4) is 0 Å². The Kier molecular flexibility index (Phi) is 5.61. The summed E-state index contributed by atoms with van der Waals surface area (Å²) in [4.78, 5) is 17.6. The summed E-state index contributed by atoms with van der Waals surface area (Å²) >= 11 is 3.41. The highest BCUT2D eigenvalue weighted by Crippen LogP contribution is 2.27. The van der Waals surface area contributed by atoms with Crippen molar-refractivity contribution in [3.05, 3.63) is 45.9 Å². The molecule has 0 aliphatic rings. The number of rotatable bonds is 7. The minimum atomic E-state index is -0.749. The number of hydrogen-bond acceptors (Lipinski definition) is 4. The summed E-state index contributed by atoms with van der Waals surface area (Å²) in [7, 11) is 0. The summed E-state index contributed by atoms with van der Waals surface area (Å²) in [5, 5.41) is 9.86. The first kappa shape index (κ1) is 15.1. The lowest BCUT2D eigenvalue weighted by Crippen LogP contribution is -1.98. The Hall–Kier alpha value is -1.33. The van der Waals surface area contributed by atoms with E-state index in [0.717, 1.165) is 27.8 Å². The molecule has 106 valence electrons. The lowest BCUT2D eigenvalue weighted by molar-refractivity contribution is -0.136. The van der Waals surface area contributed by atoms with Crippen LogP contribution in [0.5, 0.6) is 0 Å². The number of aromatic nitrogens is 1. The van der Waals surface area contributed by atoms with Crippen LogP contribution in [0.15, 0.2) is 35.2 Å². The monoisotopic (exact) mass is 307 g/mol. The van der Waals surface area contributed by atoms with Crippen LogP contribution in [-0.2, 0) is 23.4 Å². The van der Waals surface area contributed by atoms with E-state index >= 15 is 0 Å². The zero-order chi connectivity index (χ0) is 14.4. The second-order valence-corrected chi connectivity index (χ2v) is 6.54. The smallest absolute Gasteiger partial charge is 0.303 e. The fourth-order valence-electron chi connectivity index (χ4n) is 1.85. The third-order valence-electron chi connectivity index (χ3n) is 2.83. The van der Waals surface area contributed by atoms with Crippen molar-refractivity contribution < 1.29 is 9.90 Å². The van der Waals surface area contributed by atoms with Crippen LogP contribution in [-0.4, -0.2) is 16.1 Å². The molecule has 2 aromatic rings. The molecule has 3 nitrogen and oxygen atoms in total. The van der Waals surface area contributed by atoms with Gasteiger partial charge >= 0.3 is 5.97 Å². The molecule has 1 heterocycles. The van der Waals surface area contributed by atoms with Crippen LogP contribution in [0.25, 0.3) is 0 Å². The predicted octanol–water partition coefficient (Wildman–Crippen LogP) is 4.02. The number of hydrogen-bond donors (Lipinski definition) is 1. The van der Waals surface area contributed by atoms with Crippen LogP contribution in [0, 0.1) is 0 Å². The fourth-order valence-corrected chi connectivity index (χ4v) is 3.92. The number of benzene rings is 1. The molecule has 5 heteroatoms. The van der Waals surface area contributed by atoms with Gasteiger partial charge in [-0.05, 0) is 25.0 Å². The molecule has 0 atom stereocenters. The molecule has 0 aliphatic heterocycles. The van der Waals surface area contributed by atoms with Crippen LogP contribution < -0.4 is 0 Å². The maximum atomic E-state index is 10.7. The molecule has 0 radical (unpaired) electrons. The largest absolute Gasteiger partial charge is 0.481 e. The molecule has 0 unspecified atom stereocenters. The van der Waals surface area contributed by atoms with Crippen molar-refractivity contribution in [2.45, 2.75) is 36.8 Å². The SMILES string of the molecule is CCc1nc(CSc2ccccc2)sc1CCC(=O)O. The van der Waals surface area contributed by atoms with E-state index in [0.29, 0.717) is 6.42 Å². The van der Waals surface area contributed by atoms with E-state index < -0.39 is 5.97 Å². The van der Waals surface area contributed by atoms with Crippen molar-refractivity contribution in [2.75, 3.05) is 0 Å². The molecule has 1 aromatic carbocycles. The van der Waals surface area contributed by atoms with Gasteiger partial charge in [0, 0.05) is 9.77 Å². The maximum absolute atomic E-state index is 10.7. The van der Waals surface area contributed by atoms with Gasteiger partial charge in [-0.1, -0.05) is 25.1 Å². The Morgan fingerprint density at radius 1 is 1.35 bits per heavy atom. The van der Waals surface area contributed by atoms with Crippen LogP contribution in [0.4, 0.5) is 0 Å². The quantitative estimate of drug-likeness (QED) is 0.785. The van der Waals surface area contributed by atoms with E-state index in [1.54, 1.807) is 23.1 Å². The first-order valence-electron chi connectivity index (χ1n) is 6.56. The number of aryl methyl sites for hydroxylation is 2. The number of thioether (sulfide) groups is 1. The average molecular weight is 307 g/mol. The van der Waals surface area contributed by atoms with E-state index in [-0.39, 0.29) is 6.42 Å². The number of carbonyl (C=O) groups is 1. The number of carboxylic acids is 1. The summed E-state index contributed by atoms with van der Waals surface area (Å²) in [6.07, 6.45) is 1.63. The topological polar surface area (TPSA) is 50.2 Å².